The van der Waals surface area contributed by atoms with Gasteiger partial charge < -0.3 is 0 Å². The zero-order valence-electron chi connectivity index (χ0n) is 11.6. The van der Waals surface area contributed by atoms with Gasteiger partial charge in [-0.15, -0.1) is 0 Å². The Kier molecular flexibility index (Phi) is 5.36. The minimum Gasteiger partial charge on any atom is -0.234 e. The van der Waals surface area contributed by atoms with Crippen LogP contribution in [0.2, 0.25) is 5.15 Å². The maximum Gasteiger partial charge on any atom is 0.144 e. The van der Waals surface area contributed by atoms with Crippen LogP contribution in [-0.4, -0.2) is 20.2 Å². The largest absolute Gasteiger partial charge is 0.234 e. The molecule has 1 atom stereocenters. The molecule has 0 bridgehead atoms. The lowest BCUT2D eigenvalue weighted by atomic mass is 10.1. The minimum absolute atomic E-state index is 0.0408. The van der Waals surface area contributed by atoms with Gasteiger partial charge in [0.15, 0.2) is 0 Å². The Labute approximate surface area is 125 Å². The molecule has 0 amide bonds. The predicted molar refractivity (Wildman–Crippen MR) is 85.0 cm³/mol. The highest BCUT2D eigenvalue weighted by Gasteiger charge is 2.18. The molecule has 108 valence electrons. The van der Waals surface area contributed by atoms with Crippen molar-refractivity contribution >= 4 is 40.7 Å². The van der Waals surface area contributed by atoms with Gasteiger partial charge in [0.25, 0.3) is 0 Å². The Morgan fingerprint density at radius 1 is 1.50 bits per heavy atom. The highest BCUT2D eigenvalue weighted by molar-refractivity contribution is 7.85. The Morgan fingerprint density at radius 2 is 2.10 bits per heavy atom. The summed E-state index contributed by atoms with van der Waals surface area (Å²) in [7, 11) is -1.40. The van der Waals surface area contributed by atoms with Gasteiger partial charge in [-0.1, -0.05) is 30.8 Å². The Hall–Kier alpha value is -1.33. The SMILES string of the molecule is C=Cc1cc(/C=N/S(=O)C(C)(C)C)c(Cl)nc1C(=C)F. The molecular formula is C14H16ClFN2OS. The van der Waals surface area contributed by atoms with E-state index in [1.54, 1.807) is 6.07 Å². The molecule has 1 unspecified atom stereocenters. The van der Waals surface area contributed by atoms with E-state index in [1.165, 1.54) is 12.3 Å². The van der Waals surface area contributed by atoms with Crippen LogP contribution in [0, 0.1) is 0 Å². The molecule has 20 heavy (non-hydrogen) atoms. The van der Waals surface area contributed by atoms with Gasteiger partial charge in [0.2, 0.25) is 0 Å². The molecule has 1 aromatic rings. The highest BCUT2D eigenvalue weighted by Crippen LogP contribution is 2.23. The highest BCUT2D eigenvalue weighted by atomic mass is 35.5. The first kappa shape index (κ1) is 16.7. The molecule has 0 N–H and O–H groups in total. The molecule has 0 aromatic carbocycles. The summed E-state index contributed by atoms with van der Waals surface area (Å²) in [5.41, 5.74) is 0.938. The molecule has 3 nitrogen and oxygen atoms in total. The first-order valence-electron chi connectivity index (χ1n) is 5.80. The van der Waals surface area contributed by atoms with Gasteiger partial charge in [-0.2, -0.15) is 4.40 Å². The van der Waals surface area contributed by atoms with Gasteiger partial charge in [-0.25, -0.2) is 13.6 Å². The van der Waals surface area contributed by atoms with Crippen molar-refractivity contribution in [3.63, 3.8) is 0 Å². The summed E-state index contributed by atoms with van der Waals surface area (Å²) in [6, 6.07) is 1.58. The van der Waals surface area contributed by atoms with Crippen molar-refractivity contribution in [2.75, 3.05) is 0 Å². The fraction of sp³-hybridized carbons (Fsp3) is 0.286. The number of pyridine rings is 1. The van der Waals surface area contributed by atoms with Crippen molar-refractivity contribution in [2.45, 2.75) is 25.5 Å². The maximum absolute atomic E-state index is 13.2. The third kappa shape index (κ3) is 4.08. The van der Waals surface area contributed by atoms with E-state index < -0.39 is 21.6 Å². The van der Waals surface area contributed by atoms with Crippen molar-refractivity contribution in [3.05, 3.63) is 41.2 Å². The molecule has 0 saturated carbocycles. The number of rotatable bonds is 4. The van der Waals surface area contributed by atoms with Gasteiger partial charge in [0.05, 0.1) is 4.75 Å². The van der Waals surface area contributed by atoms with E-state index in [4.69, 9.17) is 11.6 Å². The van der Waals surface area contributed by atoms with Crippen molar-refractivity contribution in [3.8, 4) is 0 Å². The van der Waals surface area contributed by atoms with Crippen LogP contribution in [0.5, 0.6) is 0 Å². The predicted octanol–water partition coefficient (Wildman–Crippen LogP) is 4.20. The fourth-order valence-electron chi connectivity index (χ4n) is 1.25. The number of aromatic nitrogens is 1. The van der Waals surface area contributed by atoms with E-state index >= 15 is 0 Å². The molecule has 0 aliphatic carbocycles. The lowest BCUT2D eigenvalue weighted by molar-refractivity contribution is 0.651. The molecule has 1 rings (SSSR count). The summed E-state index contributed by atoms with van der Waals surface area (Å²) in [5.74, 6) is -0.691. The smallest absolute Gasteiger partial charge is 0.144 e. The molecule has 6 heteroatoms. The Balaban J connectivity index is 3.21. The zero-order chi connectivity index (χ0) is 15.5. The third-order valence-electron chi connectivity index (χ3n) is 2.32. The average molecular weight is 315 g/mol. The van der Waals surface area contributed by atoms with Crippen molar-refractivity contribution in [2.24, 2.45) is 4.40 Å². The number of nitrogens with zero attached hydrogens (tertiary/aromatic N) is 2. The first-order valence-corrected chi connectivity index (χ1v) is 7.29. The summed E-state index contributed by atoms with van der Waals surface area (Å²) in [6.07, 6.45) is 2.82. The van der Waals surface area contributed by atoms with Crippen LogP contribution in [0.3, 0.4) is 0 Å². The molecule has 0 radical (unpaired) electrons. The van der Waals surface area contributed by atoms with Crippen LogP contribution in [0.15, 0.2) is 23.6 Å². The lowest BCUT2D eigenvalue weighted by Crippen LogP contribution is -2.19. The second kappa shape index (κ2) is 6.41. The van der Waals surface area contributed by atoms with Crippen LogP contribution < -0.4 is 0 Å². The Bertz CT molecular complexity index is 606. The van der Waals surface area contributed by atoms with Gasteiger partial charge in [0.1, 0.15) is 27.7 Å². The van der Waals surface area contributed by atoms with Gasteiger partial charge in [0, 0.05) is 17.3 Å². The van der Waals surface area contributed by atoms with Crippen LogP contribution in [-0.2, 0) is 11.0 Å². The topological polar surface area (TPSA) is 42.3 Å². The molecule has 0 aliphatic rings. The summed E-state index contributed by atoms with van der Waals surface area (Å²) in [5, 5.41) is 0.0686. The monoisotopic (exact) mass is 314 g/mol. The summed E-state index contributed by atoms with van der Waals surface area (Å²) >= 11 is 5.96. The molecule has 0 aliphatic heterocycles. The van der Waals surface area contributed by atoms with E-state index in [1.807, 2.05) is 20.8 Å². The maximum atomic E-state index is 13.2. The summed E-state index contributed by atoms with van der Waals surface area (Å²) < 4.78 is 28.5. The van der Waals surface area contributed by atoms with E-state index in [2.05, 4.69) is 22.5 Å². The van der Waals surface area contributed by atoms with Crippen LogP contribution >= 0.6 is 11.6 Å². The van der Waals surface area contributed by atoms with Crippen LogP contribution in [0.25, 0.3) is 11.9 Å². The Morgan fingerprint density at radius 3 is 2.55 bits per heavy atom. The standard InChI is InChI=1S/C14H16ClFN2OS/c1-6-10-7-11(8-17-20(19)14(3,4)5)13(15)18-12(10)9(2)16/h6-8H,1-2H2,3-5H3/b17-8+. The molecule has 0 fully saturated rings. The summed E-state index contributed by atoms with van der Waals surface area (Å²) in [6.45, 7) is 12.2. The second-order valence-corrected chi connectivity index (χ2v) is 7.30. The first-order chi connectivity index (χ1) is 9.16. The van der Waals surface area contributed by atoms with E-state index in [0.29, 0.717) is 11.1 Å². The quantitative estimate of drug-likeness (QED) is 0.617. The molecule has 0 spiro atoms. The van der Waals surface area contributed by atoms with E-state index in [9.17, 15) is 8.60 Å². The summed E-state index contributed by atoms with van der Waals surface area (Å²) in [4.78, 5) is 3.91. The van der Waals surface area contributed by atoms with Crippen molar-refractivity contribution in [1.29, 1.82) is 0 Å². The zero-order valence-corrected chi connectivity index (χ0v) is 13.2. The average Bonchev–Trinajstić information content (AvgIpc) is 2.35. The number of hydrogen-bond acceptors (Lipinski definition) is 2. The molecular weight excluding hydrogens is 299 g/mol. The lowest BCUT2D eigenvalue weighted by Gasteiger charge is -2.13. The minimum atomic E-state index is -1.40. The van der Waals surface area contributed by atoms with Crippen LogP contribution in [0.1, 0.15) is 37.6 Å². The van der Waals surface area contributed by atoms with E-state index in [0.717, 1.165) is 0 Å². The normalized spacial score (nSPS) is 13.4. The van der Waals surface area contributed by atoms with Crippen molar-refractivity contribution in [1.82, 2.24) is 4.98 Å². The molecule has 1 heterocycles. The van der Waals surface area contributed by atoms with Crippen molar-refractivity contribution < 1.29 is 8.60 Å². The van der Waals surface area contributed by atoms with E-state index in [-0.39, 0.29) is 10.8 Å². The molecule has 0 saturated heterocycles. The second-order valence-electron chi connectivity index (χ2n) is 5.01. The van der Waals surface area contributed by atoms with Gasteiger partial charge in [-0.3, -0.25) is 0 Å². The third-order valence-corrected chi connectivity index (χ3v) is 3.97. The number of halogens is 2. The number of hydrogen-bond donors (Lipinski definition) is 0. The van der Waals surface area contributed by atoms with Gasteiger partial charge in [-0.05, 0) is 26.8 Å². The van der Waals surface area contributed by atoms with Crippen LogP contribution in [0.4, 0.5) is 4.39 Å². The fourth-order valence-corrected chi connectivity index (χ4v) is 1.96. The molecule has 1 aromatic heterocycles. The van der Waals surface area contributed by atoms with Gasteiger partial charge >= 0.3 is 0 Å².